The molecule has 1 atom stereocenters. The second kappa shape index (κ2) is 6.66. The zero-order chi connectivity index (χ0) is 17.3. The van der Waals surface area contributed by atoms with E-state index in [2.05, 4.69) is 24.0 Å². The normalized spacial score (nSPS) is 15.9. The van der Waals surface area contributed by atoms with Gasteiger partial charge in [0.25, 0.3) is 0 Å². The Hall–Kier alpha value is -2.32. The molecule has 0 radical (unpaired) electrons. The van der Waals surface area contributed by atoms with E-state index in [9.17, 15) is 10.1 Å². The molecule has 1 aromatic carbocycles. The highest BCUT2D eigenvalue weighted by atomic mass is 32.2. The van der Waals surface area contributed by atoms with Gasteiger partial charge in [0.05, 0.1) is 11.3 Å². The molecule has 5 heteroatoms. The minimum Gasteiger partial charge on any atom is -0.308 e. The fourth-order valence-corrected chi connectivity index (χ4v) is 4.15. The van der Waals surface area contributed by atoms with Crippen LogP contribution in [0.2, 0.25) is 0 Å². The van der Waals surface area contributed by atoms with Crippen molar-refractivity contribution in [1.82, 2.24) is 4.98 Å². The van der Waals surface area contributed by atoms with Crippen molar-refractivity contribution < 1.29 is 4.79 Å². The average Bonchev–Trinajstić information content (AvgIpc) is 2.88. The molecule has 0 aliphatic carbocycles. The number of thioether (sulfide) groups is 1. The summed E-state index contributed by atoms with van der Waals surface area (Å²) in [4.78, 5) is 19.1. The molecule has 1 aliphatic rings. The van der Waals surface area contributed by atoms with Gasteiger partial charge < -0.3 is 4.90 Å². The molecule has 0 fully saturated rings. The van der Waals surface area contributed by atoms with E-state index >= 15 is 0 Å². The lowest BCUT2D eigenvalue weighted by Crippen LogP contribution is -2.37. The molecule has 2 aromatic rings. The number of amides is 1. The molecule has 24 heavy (non-hydrogen) atoms. The van der Waals surface area contributed by atoms with E-state index in [4.69, 9.17) is 0 Å². The first kappa shape index (κ1) is 16.5. The van der Waals surface area contributed by atoms with Gasteiger partial charge in [-0.2, -0.15) is 5.26 Å². The Morgan fingerprint density at radius 1 is 1.42 bits per heavy atom. The molecule has 3 rings (SSSR count). The van der Waals surface area contributed by atoms with E-state index in [-0.39, 0.29) is 17.7 Å². The van der Waals surface area contributed by atoms with Crippen LogP contribution in [0.15, 0.2) is 35.4 Å². The summed E-state index contributed by atoms with van der Waals surface area (Å²) in [6.45, 7) is 5.87. The molecular weight excluding hydrogens is 318 g/mol. The molecule has 0 N–H and O–H groups in total. The Bertz CT molecular complexity index is 841. The Kier molecular flexibility index (Phi) is 4.59. The minimum absolute atomic E-state index is 0.0577. The Labute approximate surface area is 146 Å². The van der Waals surface area contributed by atoms with Crippen molar-refractivity contribution >= 4 is 23.4 Å². The first-order valence-corrected chi connectivity index (χ1v) is 8.91. The van der Waals surface area contributed by atoms with Crippen molar-refractivity contribution in [3.05, 3.63) is 52.7 Å². The van der Waals surface area contributed by atoms with Gasteiger partial charge in [-0.05, 0) is 50.5 Å². The summed E-state index contributed by atoms with van der Waals surface area (Å²) in [5.41, 5.74) is 4.55. The molecule has 1 aromatic heterocycles. The van der Waals surface area contributed by atoms with Crippen LogP contribution < -0.4 is 4.90 Å². The number of anilines is 1. The van der Waals surface area contributed by atoms with Gasteiger partial charge in [0.2, 0.25) is 5.91 Å². The predicted octanol–water partition coefficient (Wildman–Crippen LogP) is 3.64. The molecular formula is C19H19N3OS. The Balaban J connectivity index is 1.79. The standard InChI is InChI=1S/C19H19N3OS/c1-12-8-13(2)21-19(16(12)10-20)24-11-18(23)22-14(3)9-15-6-4-5-7-17(15)22/h4-8,14H,9,11H2,1-3H3/t14-/m1/s1. The minimum atomic E-state index is 0.0577. The number of nitriles is 1. The highest BCUT2D eigenvalue weighted by Gasteiger charge is 2.30. The number of fused-ring (bicyclic) bond motifs is 1. The molecule has 0 saturated heterocycles. The van der Waals surface area contributed by atoms with Crippen LogP contribution in [0.5, 0.6) is 0 Å². The highest BCUT2D eigenvalue weighted by molar-refractivity contribution is 8.00. The Morgan fingerprint density at radius 2 is 2.17 bits per heavy atom. The van der Waals surface area contributed by atoms with Crippen molar-refractivity contribution in [2.75, 3.05) is 10.7 Å². The number of rotatable bonds is 3. The third-order valence-electron chi connectivity index (χ3n) is 4.23. The lowest BCUT2D eigenvalue weighted by Gasteiger charge is -2.22. The number of para-hydroxylation sites is 1. The van der Waals surface area contributed by atoms with Gasteiger partial charge in [-0.15, -0.1) is 0 Å². The predicted molar refractivity (Wildman–Crippen MR) is 96.2 cm³/mol. The van der Waals surface area contributed by atoms with E-state index in [0.29, 0.717) is 10.6 Å². The van der Waals surface area contributed by atoms with E-state index in [1.165, 1.54) is 17.3 Å². The number of aromatic nitrogens is 1. The van der Waals surface area contributed by atoms with E-state index < -0.39 is 0 Å². The van der Waals surface area contributed by atoms with Crippen molar-refractivity contribution in [2.45, 2.75) is 38.3 Å². The summed E-state index contributed by atoms with van der Waals surface area (Å²) in [5, 5.41) is 9.98. The quantitative estimate of drug-likeness (QED) is 0.802. The maximum atomic E-state index is 12.8. The largest absolute Gasteiger partial charge is 0.308 e. The van der Waals surface area contributed by atoms with Gasteiger partial charge in [-0.3, -0.25) is 4.79 Å². The van der Waals surface area contributed by atoms with Crippen LogP contribution in [0.3, 0.4) is 0 Å². The number of carbonyl (C=O) groups excluding carboxylic acids is 1. The fraction of sp³-hybridized carbons (Fsp3) is 0.316. The van der Waals surface area contributed by atoms with Crippen LogP contribution in [0, 0.1) is 25.2 Å². The van der Waals surface area contributed by atoms with Crippen LogP contribution >= 0.6 is 11.8 Å². The molecule has 0 saturated carbocycles. The average molecular weight is 337 g/mol. The van der Waals surface area contributed by atoms with Gasteiger partial charge in [0.15, 0.2) is 0 Å². The fourth-order valence-electron chi connectivity index (χ4n) is 3.19. The van der Waals surface area contributed by atoms with Gasteiger partial charge in [-0.1, -0.05) is 30.0 Å². The summed E-state index contributed by atoms with van der Waals surface area (Å²) in [7, 11) is 0. The van der Waals surface area contributed by atoms with Gasteiger partial charge in [0, 0.05) is 17.4 Å². The SMILES string of the molecule is Cc1cc(C)c(C#N)c(SCC(=O)N2c3ccccc3C[C@H]2C)n1. The second-order valence-electron chi connectivity index (χ2n) is 6.11. The van der Waals surface area contributed by atoms with Crippen molar-refractivity contribution in [3.8, 4) is 6.07 Å². The van der Waals surface area contributed by atoms with Crippen LogP contribution in [0.4, 0.5) is 5.69 Å². The van der Waals surface area contributed by atoms with Crippen LogP contribution in [-0.4, -0.2) is 22.7 Å². The summed E-state index contributed by atoms with van der Waals surface area (Å²) < 4.78 is 0. The lowest BCUT2D eigenvalue weighted by molar-refractivity contribution is -0.116. The number of benzene rings is 1. The third-order valence-corrected chi connectivity index (χ3v) is 5.19. The van der Waals surface area contributed by atoms with Gasteiger partial charge in [-0.25, -0.2) is 4.98 Å². The number of hydrogen-bond acceptors (Lipinski definition) is 4. The second-order valence-corrected chi connectivity index (χ2v) is 7.07. The first-order valence-electron chi connectivity index (χ1n) is 7.92. The number of hydrogen-bond donors (Lipinski definition) is 0. The lowest BCUT2D eigenvalue weighted by atomic mass is 10.1. The molecule has 4 nitrogen and oxygen atoms in total. The van der Waals surface area contributed by atoms with E-state index in [1.54, 1.807) is 0 Å². The van der Waals surface area contributed by atoms with Crippen molar-refractivity contribution in [3.63, 3.8) is 0 Å². The molecule has 2 heterocycles. The maximum absolute atomic E-state index is 12.8. The zero-order valence-corrected chi connectivity index (χ0v) is 14.9. The van der Waals surface area contributed by atoms with Crippen LogP contribution in [0.25, 0.3) is 0 Å². The summed E-state index contributed by atoms with van der Waals surface area (Å²) in [6, 6.07) is 12.3. The van der Waals surface area contributed by atoms with Gasteiger partial charge in [0.1, 0.15) is 11.1 Å². The first-order chi connectivity index (χ1) is 11.5. The van der Waals surface area contributed by atoms with E-state index in [0.717, 1.165) is 23.4 Å². The number of carbonyl (C=O) groups is 1. The van der Waals surface area contributed by atoms with E-state index in [1.807, 2.05) is 43.0 Å². The van der Waals surface area contributed by atoms with Gasteiger partial charge >= 0.3 is 0 Å². The van der Waals surface area contributed by atoms with Crippen molar-refractivity contribution in [2.24, 2.45) is 0 Å². The monoisotopic (exact) mass is 337 g/mol. The number of pyridine rings is 1. The Morgan fingerprint density at radius 3 is 2.92 bits per heavy atom. The maximum Gasteiger partial charge on any atom is 0.237 e. The molecule has 0 unspecified atom stereocenters. The van der Waals surface area contributed by atoms with Crippen molar-refractivity contribution in [1.29, 1.82) is 5.26 Å². The molecule has 1 amide bonds. The summed E-state index contributed by atoms with van der Waals surface area (Å²) >= 11 is 1.35. The smallest absolute Gasteiger partial charge is 0.237 e. The zero-order valence-electron chi connectivity index (χ0n) is 14.0. The van der Waals surface area contributed by atoms with Crippen LogP contribution in [0.1, 0.15) is 29.3 Å². The molecule has 122 valence electrons. The molecule has 1 aliphatic heterocycles. The molecule has 0 spiro atoms. The summed E-state index contributed by atoms with van der Waals surface area (Å²) in [6.07, 6.45) is 0.887. The van der Waals surface area contributed by atoms with Crippen LogP contribution in [-0.2, 0) is 11.2 Å². The topological polar surface area (TPSA) is 57.0 Å². The third kappa shape index (κ3) is 3.02. The molecule has 0 bridgehead atoms. The highest BCUT2D eigenvalue weighted by Crippen LogP contribution is 2.33. The number of nitrogens with zero attached hydrogens (tertiary/aromatic N) is 3. The number of aryl methyl sites for hydroxylation is 2. The summed E-state index contributed by atoms with van der Waals surface area (Å²) in [5.74, 6) is 0.339.